The fourth-order valence-corrected chi connectivity index (χ4v) is 1.55. The lowest BCUT2D eigenvalue weighted by Crippen LogP contribution is -2.40. The Labute approximate surface area is 128 Å². The monoisotopic (exact) mass is 327 g/mol. The van der Waals surface area contributed by atoms with E-state index in [2.05, 4.69) is 9.68 Å². The summed E-state index contributed by atoms with van der Waals surface area (Å²) in [5.41, 5.74) is 5.45. The van der Waals surface area contributed by atoms with E-state index >= 15 is 0 Å². The van der Waals surface area contributed by atoms with Crippen molar-refractivity contribution < 1.29 is 39.7 Å². The van der Waals surface area contributed by atoms with Crippen molar-refractivity contribution in [3.63, 3.8) is 0 Å². The minimum absolute atomic E-state index is 0.414. The standard InChI is InChI=1S/C12H13N3O8/c13-6(12(21)23-15-9(18)3-4-10(15)19)5-11(20)22-14-7(16)1-2-8(14)17/h1-4,6,16-19H,5,13H2/t6-/m0/s1. The Balaban J connectivity index is 1.94. The van der Waals surface area contributed by atoms with Crippen molar-refractivity contribution in [1.82, 2.24) is 9.46 Å². The Morgan fingerprint density at radius 2 is 1.30 bits per heavy atom. The average molecular weight is 327 g/mol. The van der Waals surface area contributed by atoms with E-state index in [0.29, 0.717) is 9.46 Å². The fourth-order valence-electron chi connectivity index (χ4n) is 1.55. The van der Waals surface area contributed by atoms with Gasteiger partial charge in [0.2, 0.25) is 23.5 Å². The molecule has 0 amide bonds. The molecule has 0 unspecified atom stereocenters. The first kappa shape index (κ1) is 16.0. The number of nitrogens with two attached hydrogens (primary N) is 1. The van der Waals surface area contributed by atoms with E-state index in [9.17, 15) is 30.0 Å². The highest BCUT2D eigenvalue weighted by atomic mass is 16.7. The maximum Gasteiger partial charge on any atom is 0.350 e. The Kier molecular flexibility index (Phi) is 4.32. The van der Waals surface area contributed by atoms with Crippen LogP contribution < -0.4 is 15.4 Å². The molecule has 23 heavy (non-hydrogen) atoms. The summed E-state index contributed by atoms with van der Waals surface area (Å²) >= 11 is 0. The number of aromatic nitrogens is 2. The van der Waals surface area contributed by atoms with Gasteiger partial charge in [-0.25, -0.2) is 9.59 Å². The predicted octanol–water partition coefficient (Wildman–Crippen LogP) is -1.56. The van der Waals surface area contributed by atoms with E-state index in [1.165, 1.54) is 0 Å². The molecule has 0 radical (unpaired) electrons. The van der Waals surface area contributed by atoms with Crippen LogP contribution in [0.25, 0.3) is 0 Å². The van der Waals surface area contributed by atoms with E-state index in [1.807, 2.05) is 0 Å². The molecule has 0 aliphatic rings. The lowest BCUT2D eigenvalue weighted by Gasteiger charge is -2.12. The van der Waals surface area contributed by atoms with Gasteiger partial charge in [-0.05, 0) is 0 Å². The normalized spacial score (nSPS) is 11.9. The lowest BCUT2D eigenvalue weighted by molar-refractivity contribution is -0.153. The van der Waals surface area contributed by atoms with Crippen LogP contribution in [0.1, 0.15) is 6.42 Å². The first-order valence-electron chi connectivity index (χ1n) is 6.18. The summed E-state index contributed by atoms with van der Waals surface area (Å²) in [6.07, 6.45) is -0.654. The Hall–Kier alpha value is -3.34. The van der Waals surface area contributed by atoms with Crippen LogP contribution in [0.3, 0.4) is 0 Å². The number of hydrogen-bond donors (Lipinski definition) is 5. The van der Waals surface area contributed by atoms with Crippen LogP contribution in [0.4, 0.5) is 0 Å². The molecule has 11 nitrogen and oxygen atoms in total. The first-order chi connectivity index (χ1) is 10.8. The van der Waals surface area contributed by atoms with Gasteiger partial charge in [0.05, 0.1) is 6.42 Å². The molecule has 11 heteroatoms. The Bertz CT molecular complexity index is 696. The molecule has 0 spiro atoms. The van der Waals surface area contributed by atoms with Crippen LogP contribution in [0.15, 0.2) is 24.3 Å². The van der Waals surface area contributed by atoms with Crippen molar-refractivity contribution in [1.29, 1.82) is 0 Å². The fraction of sp³-hybridized carbons (Fsp3) is 0.167. The summed E-state index contributed by atoms with van der Waals surface area (Å²) in [5.74, 6) is -4.34. The smallest absolute Gasteiger partial charge is 0.350 e. The predicted molar refractivity (Wildman–Crippen MR) is 71.3 cm³/mol. The molecular weight excluding hydrogens is 314 g/mol. The molecule has 1 atom stereocenters. The van der Waals surface area contributed by atoms with Gasteiger partial charge >= 0.3 is 11.9 Å². The van der Waals surface area contributed by atoms with Crippen LogP contribution >= 0.6 is 0 Å². The van der Waals surface area contributed by atoms with Crippen molar-refractivity contribution in [2.75, 3.05) is 0 Å². The van der Waals surface area contributed by atoms with Gasteiger partial charge in [0.25, 0.3) is 0 Å². The first-order valence-corrected chi connectivity index (χ1v) is 6.18. The van der Waals surface area contributed by atoms with Crippen molar-refractivity contribution in [2.45, 2.75) is 12.5 Å². The maximum absolute atomic E-state index is 11.7. The van der Waals surface area contributed by atoms with Crippen LogP contribution in [-0.4, -0.2) is 47.9 Å². The van der Waals surface area contributed by atoms with Gasteiger partial charge < -0.3 is 35.8 Å². The molecule has 0 saturated heterocycles. The number of carbonyl (C=O) groups excluding carboxylic acids is 2. The van der Waals surface area contributed by atoms with Crippen molar-refractivity contribution >= 4 is 11.9 Å². The number of hydrogen-bond acceptors (Lipinski definition) is 9. The zero-order chi connectivity index (χ0) is 17.1. The van der Waals surface area contributed by atoms with Crippen molar-refractivity contribution in [2.24, 2.45) is 5.73 Å². The van der Waals surface area contributed by atoms with Crippen LogP contribution in [0.2, 0.25) is 0 Å². The van der Waals surface area contributed by atoms with E-state index in [1.54, 1.807) is 0 Å². The van der Waals surface area contributed by atoms with Crippen LogP contribution in [-0.2, 0) is 9.59 Å². The van der Waals surface area contributed by atoms with E-state index in [0.717, 1.165) is 24.3 Å². The molecule has 0 aliphatic carbocycles. The molecule has 0 aromatic carbocycles. The highest BCUT2D eigenvalue weighted by Crippen LogP contribution is 2.20. The van der Waals surface area contributed by atoms with Gasteiger partial charge in [-0.3, -0.25) is 0 Å². The molecule has 124 valence electrons. The molecule has 2 aromatic heterocycles. The van der Waals surface area contributed by atoms with E-state index in [-0.39, 0.29) is 0 Å². The summed E-state index contributed by atoms with van der Waals surface area (Å²) in [5, 5.41) is 37.2. The summed E-state index contributed by atoms with van der Waals surface area (Å²) in [7, 11) is 0. The minimum atomic E-state index is -1.48. The topological polar surface area (TPSA) is 169 Å². The zero-order valence-corrected chi connectivity index (χ0v) is 11.5. The SMILES string of the molecule is N[C@@H](CC(=O)On1c(O)ccc1O)C(=O)On1c(O)ccc1O. The van der Waals surface area contributed by atoms with Crippen molar-refractivity contribution in [3.8, 4) is 23.5 Å². The molecule has 2 heterocycles. The third-order valence-electron chi connectivity index (χ3n) is 2.66. The second-order valence-electron chi connectivity index (χ2n) is 4.37. The van der Waals surface area contributed by atoms with Gasteiger partial charge in [-0.2, -0.15) is 0 Å². The van der Waals surface area contributed by atoms with Gasteiger partial charge in [0.15, 0.2) is 0 Å². The second-order valence-corrected chi connectivity index (χ2v) is 4.37. The van der Waals surface area contributed by atoms with Gasteiger partial charge in [0, 0.05) is 24.3 Å². The number of aromatic hydroxyl groups is 4. The highest BCUT2D eigenvalue weighted by molar-refractivity contribution is 5.82. The Morgan fingerprint density at radius 1 is 0.913 bits per heavy atom. The highest BCUT2D eigenvalue weighted by Gasteiger charge is 2.24. The van der Waals surface area contributed by atoms with Crippen molar-refractivity contribution in [3.05, 3.63) is 24.3 Å². The van der Waals surface area contributed by atoms with Crippen LogP contribution in [0.5, 0.6) is 23.5 Å². The summed E-state index contributed by atoms with van der Waals surface area (Å²) in [6, 6.07) is 2.81. The lowest BCUT2D eigenvalue weighted by atomic mass is 10.2. The molecule has 0 fully saturated rings. The summed E-state index contributed by atoms with van der Waals surface area (Å²) in [4.78, 5) is 32.5. The third-order valence-corrected chi connectivity index (χ3v) is 2.66. The van der Waals surface area contributed by atoms with E-state index < -0.39 is 47.9 Å². The summed E-state index contributed by atoms with van der Waals surface area (Å²) in [6.45, 7) is 0. The Morgan fingerprint density at radius 3 is 1.74 bits per heavy atom. The van der Waals surface area contributed by atoms with Gasteiger partial charge in [-0.1, -0.05) is 0 Å². The molecule has 0 saturated carbocycles. The number of carbonyl (C=O) groups is 2. The molecular formula is C12H13N3O8. The third kappa shape index (κ3) is 3.47. The molecule has 0 aliphatic heterocycles. The average Bonchev–Trinajstić information content (AvgIpc) is 2.97. The maximum atomic E-state index is 11.7. The molecule has 6 N–H and O–H groups in total. The van der Waals surface area contributed by atoms with E-state index in [4.69, 9.17) is 5.73 Å². The number of rotatable bonds is 5. The summed E-state index contributed by atoms with van der Waals surface area (Å²) < 4.78 is 0.848. The second kappa shape index (κ2) is 6.19. The quantitative estimate of drug-likeness (QED) is 0.436. The molecule has 2 aromatic rings. The minimum Gasteiger partial charge on any atom is -0.492 e. The van der Waals surface area contributed by atoms with Gasteiger partial charge in [0.1, 0.15) is 6.04 Å². The largest absolute Gasteiger partial charge is 0.492 e. The molecule has 0 bridgehead atoms. The van der Waals surface area contributed by atoms with Crippen LogP contribution in [0, 0.1) is 0 Å². The van der Waals surface area contributed by atoms with Gasteiger partial charge in [-0.15, -0.1) is 9.46 Å². The molecule has 2 rings (SSSR count). The number of nitrogens with zero attached hydrogens (tertiary/aromatic N) is 2. The zero-order valence-electron chi connectivity index (χ0n) is 11.5.